The van der Waals surface area contributed by atoms with Crippen LogP contribution in [0.4, 0.5) is 5.69 Å². The fourth-order valence-electron chi connectivity index (χ4n) is 4.81. The van der Waals surface area contributed by atoms with Gasteiger partial charge in [-0.15, -0.1) is 0 Å². The third-order valence-corrected chi connectivity index (χ3v) is 7.73. The van der Waals surface area contributed by atoms with Gasteiger partial charge in [0.05, 0.1) is 22.1 Å². The van der Waals surface area contributed by atoms with E-state index in [1.807, 2.05) is 26.8 Å². The van der Waals surface area contributed by atoms with E-state index in [0.29, 0.717) is 36.1 Å². The molecule has 35 heavy (non-hydrogen) atoms. The van der Waals surface area contributed by atoms with Gasteiger partial charge >= 0.3 is 5.97 Å². The second kappa shape index (κ2) is 11.0. The SMILES string of the molecule is CCCC1(CCC)CC(O)=C(C(CC)c2cccc(NS(=O)(=O)c3ccc(C#N)cc3)c2)C(=O)O1. The first kappa shape index (κ1) is 26.3. The van der Waals surface area contributed by atoms with E-state index in [-0.39, 0.29) is 22.6 Å². The summed E-state index contributed by atoms with van der Waals surface area (Å²) in [5.41, 5.74) is 0.962. The molecular weight excluding hydrogens is 464 g/mol. The lowest BCUT2D eigenvalue weighted by molar-refractivity contribution is -0.161. The number of rotatable bonds is 10. The molecule has 8 heteroatoms. The molecule has 7 nitrogen and oxygen atoms in total. The van der Waals surface area contributed by atoms with Crippen LogP contribution in [0.15, 0.2) is 64.8 Å². The van der Waals surface area contributed by atoms with Crippen LogP contribution in [-0.2, 0) is 19.6 Å². The van der Waals surface area contributed by atoms with Gasteiger partial charge in [0.2, 0.25) is 0 Å². The predicted molar refractivity (Wildman–Crippen MR) is 134 cm³/mol. The number of nitrogens with zero attached hydrogens (tertiary/aromatic N) is 1. The summed E-state index contributed by atoms with van der Waals surface area (Å²) in [6, 6.07) is 14.4. The van der Waals surface area contributed by atoms with E-state index in [0.717, 1.165) is 12.8 Å². The number of esters is 1. The molecule has 3 rings (SSSR count). The molecule has 0 amide bonds. The fraction of sp³-hybridized carbons (Fsp3) is 0.407. The first-order chi connectivity index (χ1) is 16.7. The lowest BCUT2D eigenvalue weighted by Crippen LogP contribution is -2.41. The predicted octanol–water partition coefficient (Wildman–Crippen LogP) is 5.95. The number of aliphatic hydroxyl groups excluding tert-OH is 1. The minimum Gasteiger partial charge on any atom is -0.512 e. The van der Waals surface area contributed by atoms with E-state index in [9.17, 15) is 18.3 Å². The Hall–Kier alpha value is -3.31. The Morgan fingerprint density at radius 2 is 1.77 bits per heavy atom. The van der Waals surface area contributed by atoms with Crippen molar-refractivity contribution in [2.45, 2.75) is 75.7 Å². The molecule has 0 bridgehead atoms. The van der Waals surface area contributed by atoms with Gasteiger partial charge in [0.15, 0.2) is 0 Å². The third-order valence-electron chi connectivity index (χ3n) is 6.33. The van der Waals surface area contributed by atoms with Crippen molar-refractivity contribution < 1.29 is 23.1 Å². The average molecular weight is 497 g/mol. The zero-order valence-electron chi connectivity index (χ0n) is 20.4. The molecule has 0 spiro atoms. The highest BCUT2D eigenvalue weighted by atomic mass is 32.2. The summed E-state index contributed by atoms with van der Waals surface area (Å²) < 4.78 is 34.2. The van der Waals surface area contributed by atoms with Crippen LogP contribution < -0.4 is 4.72 Å². The molecule has 0 saturated heterocycles. The second-order valence-electron chi connectivity index (χ2n) is 8.94. The number of sulfonamides is 1. The number of carbonyl (C=O) groups is 1. The van der Waals surface area contributed by atoms with Crippen molar-refractivity contribution in [2.24, 2.45) is 0 Å². The Morgan fingerprint density at radius 3 is 2.31 bits per heavy atom. The van der Waals surface area contributed by atoms with E-state index in [4.69, 9.17) is 10.00 Å². The second-order valence-corrected chi connectivity index (χ2v) is 10.6. The maximum atomic E-state index is 13.1. The van der Waals surface area contributed by atoms with Crippen LogP contribution in [0.3, 0.4) is 0 Å². The summed E-state index contributed by atoms with van der Waals surface area (Å²) >= 11 is 0. The highest BCUT2D eigenvalue weighted by Gasteiger charge is 2.42. The molecule has 2 N–H and O–H groups in total. The number of ether oxygens (including phenoxy) is 1. The van der Waals surface area contributed by atoms with Crippen molar-refractivity contribution in [1.29, 1.82) is 5.26 Å². The van der Waals surface area contributed by atoms with Crippen LogP contribution in [0.1, 0.15) is 76.3 Å². The number of hydrogen-bond donors (Lipinski definition) is 2. The van der Waals surface area contributed by atoms with Crippen LogP contribution in [0, 0.1) is 11.3 Å². The summed E-state index contributed by atoms with van der Waals surface area (Å²) in [4.78, 5) is 13.2. The van der Waals surface area contributed by atoms with Crippen LogP contribution in [-0.4, -0.2) is 25.1 Å². The molecular formula is C27H32N2O5S. The molecule has 0 saturated carbocycles. The largest absolute Gasteiger partial charge is 0.512 e. The zero-order valence-corrected chi connectivity index (χ0v) is 21.2. The number of nitrogens with one attached hydrogen (secondary N) is 1. The number of cyclic esters (lactones) is 1. The summed E-state index contributed by atoms with van der Waals surface area (Å²) in [5.74, 6) is -0.896. The molecule has 0 aliphatic carbocycles. The van der Waals surface area contributed by atoms with Crippen molar-refractivity contribution in [3.8, 4) is 6.07 Å². The van der Waals surface area contributed by atoms with E-state index >= 15 is 0 Å². The molecule has 0 radical (unpaired) electrons. The summed E-state index contributed by atoms with van der Waals surface area (Å²) in [7, 11) is -3.87. The summed E-state index contributed by atoms with van der Waals surface area (Å²) in [6.07, 6.45) is 3.87. The van der Waals surface area contributed by atoms with Crippen molar-refractivity contribution in [3.05, 3.63) is 71.0 Å². The Bertz CT molecular complexity index is 1240. The van der Waals surface area contributed by atoms with Gasteiger partial charge in [0.25, 0.3) is 10.0 Å². The molecule has 0 aromatic heterocycles. The maximum Gasteiger partial charge on any atom is 0.338 e. The molecule has 186 valence electrons. The van der Waals surface area contributed by atoms with Gasteiger partial charge in [0.1, 0.15) is 11.4 Å². The minimum absolute atomic E-state index is 0.0355. The van der Waals surface area contributed by atoms with Crippen LogP contribution in [0.25, 0.3) is 0 Å². The fourth-order valence-corrected chi connectivity index (χ4v) is 5.86. The number of hydrogen-bond acceptors (Lipinski definition) is 6. The standard InChI is InChI=1S/C27H32N2O5S/c1-4-14-27(15-5-2)17-24(30)25(26(31)34-27)23(6-3)20-8-7-9-21(16-20)29-35(32,33)22-12-10-19(18-28)11-13-22/h7-13,16,23,29-30H,4-6,14-15,17H2,1-3H3. The van der Waals surface area contributed by atoms with E-state index in [1.54, 1.807) is 24.3 Å². The number of nitriles is 1. The molecule has 1 atom stereocenters. The number of anilines is 1. The van der Waals surface area contributed by atoms with E-state index in [2.05, 4.69) is 4.72 Å². The highest BCUT2D eigenvalue weighted by molar-refractivity contribution is 7.92. The molecule has 0 fully saturated rings. The number of benzene rings is 2. The van der Waals surface area contributed by atoms with Gasteiger partial charge in [-0.05, 0) is 61.2 Å². The Balaban J connectivity index is 1.91. The number of carbonyl (C=O) groups excluding carboxylic acids is 1. The van der Waals surface area contributed by atoms with Crippen molar-refractivity contribution in [2.75, 3.05) is 4.72 Å². The van der Waals surface area contributed by atoms with Crippen molar-refractivity contribution in [1.82, 2.24) is 0 Å². The van der Waals surface area contributed by atoms with Gasteiger partial charge in [-0.3, -0.25) is 4.72 Å². The average Bonchev–Trinajstić information content (AvgIpc) is 2.81. The molecule has 1 unspecified atom stereocenters. The van der Waals surface area contributed by atoms with Crippen LogP contribution in [0.2, 0.25) is 0 Å². The van der Waals surface area contributed by atoms with Gasteiger partial charge in [-0.2, -0.15) is 5.26 Å². The van der Waals surface area contributed by atoms with Crippen LogP contribution >= 0.6 is 0 Å². The number of aliphatic hydroxyl groups is 1. The molecule has 1 aliphatic rings. The van der Waals surface area contributed by atoms with Crippen LogP contribution in [0.5, 0.6) is 0 Å². The monoisotopic (exact) mass is 496 g/mol. The smallest absolute Gasteiger partial charge is 0.338 e. The topological polar surface area (TPSA) is 116 Å². The summed E-state index contributed by atoms with van der Waals surface area (Å²) in [5, 5.41) is 19.9. The van der Waals surface area contributed by atoms with Gasteiger partial charge < -0.3 is 9.84 Å². The Labute approximate surface area is 207 Å². The normalized spacial score (nSPS) is 16.3. The quantitative estimate of drug-likeness (QED) is 0.393. The Morgan fingerprint density at radius 1 is 1.11 bits per heavy atom. The summed E-state index contributed by atoms with van der Waals surface area (Å²) in [6.45, 7) is 5.97. The lowest BCUT2D eigenvalue weighted by atomic mass is 9.80. The van der Waals surface area contributed by atoms with E-state index < -0.39 is 27.5 Å². The van der Waals surface area contributed by atoms with Crippen molar-refractivity contribution >= 4 is 21.7 Å². The maximum absolute atomic E-state index is 13.1. The molecule has 1 heterocycles. The van der Waals surface area contributed by atoms with E-state index in [1.165, 1.54) is 24.3 Å². The zero-order chi connectivity index (χ0) is 25.6. The first-order valence-corrected chi connectivity index (χ1v) is 13.4. The van der Waals surface area contributed by atoms with Gasteiger partial charge in [0, 0.05) is 18.0 Å². The Kier molecular flexibility index (Phi) is 8.23. The highest BCUT2D eigenvalue weighted by Crippen LogP contribution is 2.42. The van der Waals surface area contributed by atoms with Gasteiger partial charge in [-0.1, -0.05) is 45.7 Å². The molecule has 1 aliphatic heterocycles. The first-order valence-electron chi connectivity index (χ1n) is 12.0. The van der Waals surface area contributed by atoms with Gasteiger partial charge in [-0.25, -0.2) is 13.2 Å². The molecule has 2 aromatic carbocycles. The lowest BCUT2D eigenvalue weighted by Gasteiger charge is -2.38. The third kappa shape index (κ3) is 5.85. The van der Waals surface area contributed by atoms with Crippen molar-refractivity contribution in [3.63, 3.8) is 0 Å². The minimum atomic E-state index is -3.87. The molecule has 2 aromatic rings.